The van der Waals surface area contributed by atoms with Gasteiger partial charge in [-0.3, -0.25) is 9.80 Å². The lowest BCUT2D eigenvalue weighted by atomic mass is 10.1. The summed E-state index contributed by atoms with van der Waals surface area (Å²) in [5, 5.41) is 14.8. The largest absolute Gasteiger partial charge is 0.493 e. The monoisotopic (exact) mass is 514 g/mol. The van der Waals surface area contributed by atoms with Gasteiger partial charge in [0.15, 0.2) is 11.5 Å². The van der Waals surface area contributed by atoms with Gasteiger partial charge >= 0.3 is 18.1 Å². The van der Waals surface area contributed by atoms with Crippen molar-refractivity contribution in [2.45, 2.75) is 19.3 Å². The zero-order valence-electron chi connectivity index (χ0n) is 20.2. The number of piperazine rings is 1. The molecular weight excluding hydrogens is 485 g/mol. The number of rotatable bonds is 7. The Hall–Kier alpha value is -3.51. The van der Waals surface area contributed by atoms with E-state index in [4.69, 9.17) is 34.0 Å². The molecule has 12 heteroatoms. The summed E-state index contributed by atoms with van der Waals surface area (Å²) in [6, 6.07) is 9.27. The van der Waals surface area contributed by atoms with Gasteiger partial charge in [0.2, 0.25) is 5.75 Å². The minimum atomic E-state index is -4.30. The molecule has 198 valence electrons. The van der Waals surface area contributed by atoms with E-state index in [2.05, 4.69) is 9.80 Å². The molecule has 9 nitrogen and oxygen atoms in total. The highest BCUT2D eigenvalue weighted by atomic mass is 19.4. The number of hydrogen-bond acceptors (Lipinski definition) is 7. The summed E-state index contributed by atoms with van der Waals surface area (Å²) >= 11 is 0. The van der Waals surface area contributed by atoms with Gasteiger partial charge in [0.1, 0.15) is 0 Å². The number of alkyl halides is 3. The Labute approximate surface area is 206 Å². The maximum Gasteiger partial charge on any atom is 0.416 e. The number of ether oxygens (including phenoxy) is 3. The van der Waals surface area contributed by atoms with Crippen molar-refractivity contribution >= 4 is 11.9 Å². The van der Waals surface area contributed by atoms with Crippen LogP contribution >= 0.6 is 0 Å². The van der Waals surface area contributed by atoms with Gasteiger partial charge in [-0.2, -0.15) is 13.2 Å². The van der Waals surface area contributed by atoms with E-state index in [0.29, 0.717) is 23.8 Å². The van der Waals surface area contributed by atoms with Crippen molar-refractivity contribution in [3.05, 3.63) is 53.1 Å². The highest BCUT2D eigenvalue weighted by molar-refractivity contribution is 6.27. The lowest BCUT2D eigenvalue weighted by molar-refractivity contribution is -0.159. The van der Waals surface area contributed by atoms with Gasteiger partial charge in [-0.1, -0.05) is 18.2 Å². The Bertz CT molecular complexity index is 1010. The molecule has 0 radical (unpaired) electrons. The van der Waals surface area contributed by atoms with Crippen LogP contribution in [-0.4, -0.2) is 79.5 Å². The number of carboxylic acid groups (broad SMARTS) is 2. The molecule has 1 saturated heterocycles. The Morgan fingerprint density at radius 1 is 0.778 bits per heavy atom. The number of benzene rings is 2. The fraction of sp³-hybridized carbons (Fsp3) is 0.417. The number of aliphatic carboxylic acids is 2. The minimum absolute atomic E-state index is 0.582. The summed E-state index contributed by atoms with van der Waals surface area (Å²) in [5.74, 6) is -1.77. The Morgan fingerprint density at radius 3 is 1.69 bits per heavy atom. The molecule has 1 aliphatic heterocycles. The first-order valence-corrected chi connectivity index (χ1v) is 10.8. The standard InChI is InChI=1S/C22H27F3N2O3.C2H2O4/c1-28-19-9-6-17(20(29-2)21(19)30-3)15-27-12-10-26(11-13-27)14-16-4-7-18(8-5-16)22(23,24)25;3-1(4)2(5)6/h4-9H,10-15H2,1-3H3;(H,3,4)(H,5,6). The van der Waals surface area contributed by atoms with Crippen molar-refractivity contribution in [3.63, 3.8) is 0 Å². The molecule has 3 rings (SSSR count). The van der Waals surface area contributed by atoms with E-state index in [1.807, 2.05) is 12.1 Å². The predicted octanol–water partition coefficient (Wildman–Crippen LogP) is 3.20. The summed E-state index contributed by atoms with van der Waals surface area (Å²) in [5.41, 5.74) is 1.30. The van der Waals surface area contributed by atoms with E-state index in [0.717, 1.165) is 56.0 Å². The van der Waals surface area contributed by atoms with Gasteiger partial charge in [0, 0.05) is 44.8 Å². The second-order valence-electron chi connectivity index (χ2n) is 7.85. The van der Waals surface area contributed by atoms with Gasteiger partial charge in [-0.15, -0.1) is 0 Å². The lowest BCUT2D eigenvalue weighted by Gasteiger charge is -2.35. The molecule has 2 N–H and O–H groups in total. The maximum absolute atomic E-state index is 12.7. The maximum atomic E-state index is 12.7. The number of nitrogens with zero attached hydrogens (tertiary/aromatic N) is 2. The molecular formula is C24H29F3N2O7. The topological polar surface area (TPSA) is 109 Å². The smallest absolute Gasteiger partial charge is 0.416 e. The first kappa shape index (κ1) is 28.7. The van der Waals surface area contributed by atoms with Crippen LogP contribution in [0.4, 0.5) is 13.2 Å². The van der Waals surface area contributed by atoms with E-state index >= 15 is 0 Å². The fourth-order valence-electron chi connectivity index (χ4n) is 3.69. The average Bonchev–Trinajstić information content (AvgIpc) is 2.85. The molecule has 0 aromatic heterocycles. The molecule has 0 bridgehead atoms. The predicted molar refractivity (Wildman–Crippen MR) is 123 cm³/mol. The summed E-state index contributed by atoms with van der Waals surface area (Å²) in [6.07, 6.45) is -4.30. The second-order valence-corrected chi connectivity index (χ2v) is 7.85. The fourth-order valence-corrected chi connectivity index (χ4v) is 3.69. The van der Waals surface area contributed by atoms with Crippen molar-refractivity contribution in [1.82, 2.24) is 9.80 Å². The third kappa shape index (κ3) is 8.02. The van der Waals surface area contributed by atoms with Crippen LogP contribution in [-0.2, 0) is 28.9 Å². The van der Waals surface area contributed by atoms with Crippen molar-refractivity contribution in [2.24, 2.45) is 0 Å². The normalized spacial score (nSPS) is 14.4. The molecule has 1 heterocycles. The molecule has 2 aromatic carbocycles. The second kappa shape index (κ2) is 13.0. The quantitative estimate of drug-likeness (QED) is 0.539. The van der Waals surface area contributed by atoms with Crippen LogP contribution < -0.4 is 14.2 Å². The van der Waals surface area contributed by atoms with Crippen LogP contribution in [0.3, 0.4) is 0 Å². The van der Waals surface area contributed by atoms with Crippen molar-refractivity contribution in [1.29, 1.82) is 0 Å². The Morgan fingerprint density at radius 2 is 1.28 bits per heavy atom. The van der Waals surface area contributed by atoms with Gasteiger partial charge in [-0.05, 0) is 23.8 Å². The van der Waals surface area contributed by atoms with Crippen LogP contribution in [0.1, 0.15) is 16.7 Å². The third-order valence-electron chi connectivity index (χ3n) is 5.51. The van der Waals surface area contributed by atoms with Gasteiger partial charge in [0.05, 0.1) is 26.9 Å². The summed E-state index contributed by atoms with van der Waals surface area (Å²) in [7, 11) is 4.79. The molecule has 0 amide bonds. The van der Waals surface area contributed by atoms with E-state index in [1.54, 1.807) is 33.5 Å². The van der Waals surface area contributed by atoms with Crippen LogP contribution in [0.15, 0.2) is 36.4 Å². The Balaban J connectivity index is 0.000000678. The first-order valence-electron chi connectivity index (χ1n) is 10.8. The van der Waals surface area contributed by atoms with Crippen LogP contribution in [0.25, 0.3) is 0 Å². The van der Waals surface area contributed by atoms with E-state index in [9.17, 15) is 13.2 Å². The van der Waals surface area contributed by atoms with Crippen molar-refractivity contribution in [2.75, 3.05) is 47.5 Å². The molecule has 0 atom stereocenters. The molecule has 36 heavy (non-hydrogen) atoms. The highest BCUT2D eigenvalue weighted by Gasteiger charge is 2.30. The van der Waals surface area contributed by atoms with E-state index in [-0.39, 0.29) is 0 Å². The molecule has 0 aliphatic carbocycles. The zero-order chi connectivity index (χ0) is 26.9. The SMILES string of the molecule is COc1ccc(CN2CCN(Cc3ccc(C(F)(F)F)cc3)CC2)c(OC)c1OC.O=C(O)C(=O)O. The number of hydrogen-bond donors (Lipinski definition) is 2. The van der Waals surface area contributed by atoms with Crippen LogP contribution in [0, 0.1) is 0 Å². The molecule has 1 aliphatic rings. The summed E-state index contributed by atoms with van der Waals surface area (Å²) in [6.45, 7) is 4.77. The minimum Gasteiger partial charge on any atom is -0.493 e. The first-order chi connectivity index (χ1) is 17.0. The molecule has 0 spiro atoms. The molecule has 0 unspecified atom stereocenters. The van der Waals surface area contributed by atoms with Gasteiger partial charge in [0.25, 0.3) is 0 Å². The van der Waals surface area contributed by atoms with Crippen molar-refractivity contribution in [3.8, 4) is 17.2 Å². The number of methoxy groups -OCH3 is 3. The van der Waals surface area contributed by atoms with Gasteiger partial charge < -0.3 is 24.4 Å². The van der Waals surface area contributed by atoms with Crippen molar-refractivity contribution < 1.29 is 47.2 Å². The van der Waals surface area contributed by atoms with Crippen LogP contribution in [0.5, 0.6) is 17.2 Å². The number of carbonyl (C=O) groups is 2. The summed E-state index contributed by atoms with van der Waals surface area (Å²) < 4.78 is 54.5. The molecule has 0 saturated carbocycles. The van der Waals surface area contributed by atoms with E-state index in [1.165, 1.54) is 0 Å². The van der Waals surface area contributed by atoms with Crippen LogP contribution in [0.2, 0.25) is 0 Å². The highest BCUT2D eigenvalue weighted by Crippen LogP contribution is 2.40. The average molecular weight is 514 g/mol. The zero-order valence-corrected chi connectivity index (χ0v) is 20.2. The number of carboxylic acids is 2. The lowest BCUT2D eigenvalue weighted by Crippen LogP contribution is -2.45. The Kier molecular flexibility index (Phi) is 10.4. The van der Waals surface area contributed by atoms with E-state index < -0.39 is 23.7 Å². The third-order valence-corrected chi connectivity index (χ3v) is 5.51. The molecule has 2 aromatic rings. The molecule has 1 fully saturated rings. The summed E-state index contributed by atoms with van der Waals surface area (Å²) in [4.78, 5) is 22.8. The number of halogens is 3. The van der Waals surface area contributed by atoms with Gasteiger partial charge in [-0.25, -0.2) is 9.59 Å².